The monoisotopic (exact) mass is 494 g/mol. The molecule has 1 aromatic rings. The van der Waals surface area contributed by atoms with E-state index in [0.717, 1.165) is 68.8 Å². The number of primary sulfonamides is 1. The molecule has 0 amide bonds. The molecule has 10 N–H and O–H groups in total. The van der Waals surface area contributed by atoms with Gasteiger partial charge in [0.15, 0.2) is 0 Å². The number of hydrazine groups is 4. The minimum atomic E-state index is -3.69. The highest BCUT2D eigenvalue weighted by Gasteiger charge is 2.18. The Morgan fingerprint density at radius 2 is 1.38 bits per heavy atom. The Hall–Kier alpha value is -2.39. The van der Waals surface area contributed by atoms with Gasteiger partial charge in [-0.1, -0.05) is 12.1 Å². The molecule has 2 aliphatic heterocycles. The quantitative estimate of drug-likeness (QED) is 0.143. The van der Waals surface area contributed by atoms with Gasteiger partial charge in [-0.05, 0) is 56.5 Å². The normalized spacial score (nSPS) is 16.0. The molecule has 0 aliphatic carbocycles. The summed E-state index contributed by atoms with van der Waals surface area (Å²) in [6.45, 7) is 5.27. The van der Waals surface area contributed by atoms with Crippen molar-refractivity contribution in [2.75, 3.05) is 45.8 Å². The number of sulfonamides is 1. The number of hydrogen-bond donors (Lipinski definition) is 7. The van der Waals surface area contributed by atoms with Crippen LogP contribution in [0.2, 0.25) is 0 Å². The summed E-state index contributed by atoms with van der Waals surface area (Å²) in [5.41, 5.74) is 27.2. The van der Waals surface area contributed by atoms with Gasteiger partial charge < -0.3 is 22.3 Å². The summed E-state index contributed by atoms with van der Waals surface area (Å²) in [5.74, 6) is 0. The van der Waals surface area contributed by atoms with E-state index in [1.807, 2.05) is 22.2 Å². The van der Waals surface area contributed by atoms with Crippen molar-refractivity contribution in [2.45, 2.75) is 30.6 Å². The molecule has 0 saturated carbocycles. The third kappa shape index (κ3) is 8.43. The second-order valence-corrected chi connectivity index (χ2v) is 10.0. The topological polar surface area (TPSA) is 170 Å². The Balaban J connectivity index is 1.61. The number of rotatable bonds is 15. The highest BCUT2D eigenvalue weighted by atomic mass is 32.2. The van der Waals surface area contributed by atoms with Gasteiger partial charge in [0, 0.05) is 45.1 Å². The molecule has 0 bridgehead atoms. The maximum atomic E-state index is 11.5. The van der Waals surface area contributed by atoms with Crippen LogP contribution in [-0.2, 0) is 16.4 Å². The van der Waals surface area contributed by atoms with Crippen molar-refractivity contribution in [3.8, 4) is 0 Å². The summed E-state index contributed by atoms with van der Waals surface area (Å²) >= 11 is 0. The van der Waals surface area contributed by atoms with E-state index in [1.54, 1.807) is 12.1 Å². The summed E-state index contributed by atoms with van der Waals surface area (Å²) in [4.78, 5) is 2.45. The average Bonchev–Trinajstić information content (AvgIpc) is 3.45. The van der Waals surface area contributed by atoms with E-state index in [4.69, 9.17) is 16.6 Å². The first-order chi connectivity index (χ1) is 16.4. The fourth-order valence-electron chi connectivity index (χ4n) is 3.71. The maximum Gasteiger partial charge on any atom is 0.238 e. The summed E-state index contributed by atoms with van der Waals surface area (Å²) in [6.07, 6.45) is 7.84. The van der Waals surface area contributed by atoms with E-state index >= 15 is 0 Å². The molecule has 1 aromatic carbocycles. The Labute approximate surface area is 202 Å². The molecule has 0 unspecified atom stereocenters. The number of unbranched alkanes of at least 4 members (excludes halogenated alkanes) is 1. The zero-order valence-corrected chi connectivity index (χ0v) is 20.4. The minimum absolute atomic E-state index is 0.123. The molecule has 0 atom stereocenters. The van der Waals surface area contributed by atoms with E-state index in [9.17, 15) is 8.42 Å². The summed E-state index contributed by atoms with van der Waals surface area (Å²) in [5, 5.41) is 9.25. The lowest BCUT2D eigenvalue weighted by Crippen LogP contribution is -2.41. The van der Waals surface area contributed by atoms with Crippen molar-refractivity contribution in [3.05, 3.63) is 53.6 Å². The lowest BCUT2D eigenvalue weighted by atomic mass is 10.1. The molecular weight excluding hydrogens is 456 g/mol. The first kappa shape index (κ1) is 26.2. The molecule has 2 aliphatic rings. The van der Waals surface area contributed by atoms with Crippen molar-refractivity contribution in [3.63, 3.8) is 0 Å². The zero-order chi connectivity index (χ0) is 24.4. The van der Waals surface area contributed by atoms with Gasteiger partial charge >= 0.3 is 0 Å². The molecule has 13 heteroatoms. The van der Waals surface area contributed by atoms with E-state index in [-0.39, 0.29) is 4.90 Å². The van der Waals surface area contributed by atoms with Crippen LogP contribution < -0.4 is 38.5 Å². The molecule has 2 heterocycles. The average molecular weight is 495 g/mol. The van der Waals surface area contributed by atoms with Gasteiger partial charge in [0.1, 0.15) is 0 Å². The number of nitrogens with two attached hydrogens (primary N) is 3. The molecule has 0 aromatic heterocycles. The second-order valence-electron chi connectivity index (χ2n) is 8.46. The summed E-state index contributed by atoms with van der Waals surface area (Å²) in [7, 11) is -3.69. The van der Waals surface area contributed by atoms with Gasteiger partial charge in [-0.15, -0.1) is 11.1 Å². The molecular formula is C21H38N10O2S. The van der Waals surface area contributed by atoms with E-state index in [0.29, 0.717) is 19.6 Å². The first-order valence-corrected chi connectivity index (χ1v) is 13.1. The fourth-order valence-corrected chi connectivity index (χ4v) is 4.23. The molecule has 0 spiro atoms. The second kappa shape index (κ2) is 12.9. The van der Waals surface area contributed by atoms with Gasteiger partial charge in [0.2, 0.25) is 10.0 Å². The molecule has 0 saturated heterocycles. The summed E-state index contributed by atoms with van der Waals surface area (Å²) in [6, 6.07) is 6.74. The SMILES string of the molecule is NCCCCN1C=C(CN(CCc2ccc(S(N)(=O)=O)cc2)CC2=CN(CCCN)NN2)NN1. The number of nitrogens with zero attached hydrogens (tertiary/aromatic N) is 3. The first-order valence-electron chi connectivity index (χ1n) is 11.6. The largest absolute Gasteiger partial charge is 0.330 e. The lowest BCUT2D eigenvalue weighted by Gasteiger charge is -2.23. The van der Waals surface area contributed by atoms with Crippen LogP contribution in [0.25, 0.3) is 0 Å². The molecule has 0 fully saturated rings. The van der Waals surface area contributed by atoms with E-state index < -0.39 is 10.0 Å². The van der Waals surface area contributed by atoms with Crippen molar-refractivity contribution in [1.82, 2.24) is 36.8 Å². The van der Waals surface area contributed by atoms with Crippen LogP contribution >= 0.6 is 0 Å². The van der Waals surface area contributed by atoms with Gasteiger partial charge in [-0.3, -0.25) is 14.9 Å². The van der Waals surface area contributed by atoms with E-state index in [1.165, 1.54) is 0 Å². The van der Waals surface area contributed by atoms with Gasteiger partial charge in [-0.2, -0.15) is 0 Å². The number of benzene rings is 1. The smallest absolute Gasteiger partial charge is 0.238 e. The van der Waals surface area contributed by atoms with Crippen LogP contribution in [0.4, 0.5) is 0 Å². The predicted molar refractivity (Wildman–Crippen MR) is 132 cm³/mol. The molecule has 3 rings (SSSR count). The zero-order valence-electron chi connectivity index (χ0n) is 19.5. The van der Waals surface area contributed by atoms with E-state index in [2.05, 4.69) is 39.2 Å². The highest BCUT2D eigenvalue weighted by Crippen LogP contribution is 2.12. The number of hydrogen-bond acceptors (Lipinski definition) is 11. The standard InChI is InChI=1S/C21H38N10O2S/c22-9-1-2-11-30-16-19(25-27-30)14-29(15-20-17-31(28-26-20)12-3-10-23)13-8-18-4-6-21(7-5-18)34(24,32)33/h4-7,16-17,25-28H,1-3,8-15,22-23H2,(H2,24,32,33). The molecule has 34 heavy (non-hydrogen) atoms. The van der Waals surface area contributed by atoms with Crippen LogP contribution in [0.1, 0.15) is 24.8 Å². The Morgan fingerprint density at radius 3 is 1.91 bits per heavy atom. The Bertz CT molecular complexity index is 935. The van der Waals surface area contributed by atoms with Crippen LogP contribution in [-0.4, -0.2) is 69.1 Å². The van der Waals surface area contributed by atoms with Crippen LogP contribution in [0, 0.1) is 0 Å². The maximum absolute atomic E-state index is 11.5. The van der Waals surface area contributed by atoms with Gasteiger partial charge in [0.25, 0.3) is 0 Å². The lowest BCUT2D eigenvalue weighted by molar-refractivity contribution is 0.259. The fraction of sp³-hybridized carbons (Fsp3) is 0.524. The molecule has 0 radical (unpaired) electrons. The Kier molecular flexibility index (Phi) is 9.95. The van der Waals surface area contributed by atoms with Crippen LogP contribution in [0.3, 0.4) is 0 Å². The van der Waals surface area contributed by atoms with Gasteiger partial charge in [-0.25, -0.2) is 13.6 Å². The predicted octanol–water partition coefficient (Wildman–Crippen LogP) is -1.40. The van der Waals surface area contributed by atoms with Crippen molar-refractivity contribution in [2.24, 2.45) is 16.6 Å². The number of nitrogens with one attached hydrogen (secondary N) is 4. The van der Waals surface area contributed by atoms with Crippen molar-refractivity contribution in [1.29, 1.82) is 0 Å². The summed E-state index contributed by atoms with van der Waals surface area (Å²) < 4.78 is 23.0. The highest BCUT2D eigenvalue weighted by molar-refractivity contribution is 7.89. The Morgan fingerprint density at radius 1 is 0.824 bits per heavy atom. The van der Waals surface area contributed by atoms with Crippen molar-refractivity contribution < 1.29 is 8.42 Å². The van der Waals surface area contributed by atoms with Crippen LogP contribution in [0.15, 0.2) is 53.0 Å². The third-order valence-corrected chi connectivity index (χ3v) is 6.49. The van der Waals surface area contributed by atoms with Gasteiger partial charge in [0.05, 0.1) is 16.3 Å². The molecule has 12 nitrogen and oxygen atoms in total. The van der Waals surface area contributed by atoms with Crippen LogP contribution in [0.5, 0.6) is 0 Å². The molecule has 190 valence electrons. The van der Waals surface area contributed by atoms with Crippen molar-refractivity contribution >= 4 is 10.0 Å². The minimum Gasteiger partial charge on any atom is -0.330 e. The third-order valence-electron chi connectivity index (χ3n) is 5.56.